The molecule has 21 heteroatoms. The summed E-state index contributed by atoms with van der Waals surface area (Å²) in [6.45, 7) is 2.12. The van der Waals surface area contributed by atoms with Crippen molar-refractivity contribution < 1.29 is 71.0 Å². The van der Waals surface area contributed by atoms with Gasteiger partial charge in [0.25, 0.3) is 0 Å². The molecule has 1 aromatic rings. The van der Waals surface area contributed by atoms with Crippen molar-refractivity contribution in [2.45, 2.75) is 236 Å². The summed E-state index contributed by atoms with van der Waals surface area (Å²) in [4.78, 5) is 62.0. The summed E-state index contributed by atoms with van der Waals surface area (Å²) in [6.07, 6.45) is 31.3. The maximum Gasteiger partial charge on any atom is 0.481 e. The topological polar surface area (TPSA) is 278 Å². The number of carbonyl (C=O) groups excluding carboxylic acids is 2. The molecule has 4 unspecified atom stereocenters. The number of anilines is 1. The number of aliphatic hydroxyl groups excluding tert-OH is 2. The Morgan fingerprint density at radius 2 is 1.23 bits per heavy atom. The third-order valence-electron chi connectivity index (χ3n) is 12.4. The minimum absolute atomic E-state index is 0.0409. The molecule has 0 bridgehead atoms. The molecule has 1 aromatic heterocycles. The number of epoxide rings is 1. The van der Waals surface area contributed by atoms with Gasteiger partial charge in [-0.25, -0.2) is 13.9 Å². The highest BCUT2D eigenvalue weighted by atomic mass is 31.3. The summed E-state index contributed by atoms with van der Waals surface area (Å²) in [5, 5.41) is 20.9. The summed E-state index contributed by atoms with van der Waals surface area (Å²) in [7, 11) is -10.9. The van der Waals surface area contributed by atoms with Gasteiger partial charge in [-0.3, -0.25) is 23.2 Å². The van der Waals surface area contributed by atoms with Crippen LogP contribution in [-0.2, 0) is 51.0 Å². The van der Waals surface area contributed by atoms with Gasteiger partial charge >= 0.3 is 33.3 Å². The summed E-state index contributed by atoms with van der Waals surface area (Å²) < 4.78 is 62.6. The Hall–Kier alpha value is -2.80. The highest BCUT2D eigenvalue weighted by Gasteiger charge is 2.46. The predicted molar refractivity (Wildman–Crippen MR) is 270 cm³/mol. The summed E-state index contributed by atoms with van der Waals surface area (Å²) >= 11 is 0. The van der Waals surface area contributed by atoms with Crippen LogP contribution in [0, 0.1) is 0 Å². The largest absolute Gasteiger partial charge is 0.481 e. The lowest BCUT2D eigenvalue weighted by Gasteiger charge is -2.21. The Morgan fingerprint density at radius 1 is 0.690 bits per heavy atom. The quantitative estimate of drug-likeness (QED) is 0.0134. The molecule has 2 fully saturated rings. The fourth-order valence-electron chi connectivity index (χ4n) is 8.20. The number of nitrogens with two attached hydrogens (primary N) is 1. The van der Waals surface area contributed by atoms with E-state index >= 15 is 0 Å². The second kappa shape index (κ2) is 36.2. The number of carbonyl (C=O) groups is 2. The number of aliphatic hydroxyl groups is 2. The van der Waals surface area contributed by atoms with Gasteiger partial charge in [0.1, 0.15) is 30.7 Å². The lowest BCUT2D eigenvalue weighted by Crippen LogP contribution is -2.36. The third kappa shape index (κ3) is 28.5. The van der Waals surface area contributed by atoms with Gasteiger partial charge in [0.2, 0.25) is 0 Å². The van der Waals surface area contributed by atoms with Crippen LogP contribution in [0.1, 0.15) is 200 Å². The number of unbranched alkanes of at least 4 members (excludes halogenated alkanes) is 20. The van der Waals surface area contributed by atoms with Gasteiger partial charge in [-0.05, 0) is 70.3 Å². The maximum atomic E-state index is 12.9. The molecular weight excluding hydrogens is 961 g/mol. The molecule has 6 N–H and O–H groups in total. The molecule has 19 nitrogen and oxygen atoms in total. The van der Waals surface area contributed by atoms with Crippen molar-refractivity contribution in [3.63, 3.8) is 0 Å². The zero-order chi connectivity index (χ0) is 51.7. The minimum atomic E-state index is -5.43. The summed E-state index contributed by atoms with van der Waals surface area (Å²) in [6, 6.07) is 1.25. The Bertz CT molecular complexity index is 1850. The lowest BCUT2D eigenvalue weighted by molar-refractivity contribution is -0.161. The molecule has 0 saturated carbocycles. The highest BCUT2D eigenvalue weighted by Crippen LogP contribution is 2.60. The number of hydrogen-bond donors (Lipinski definition) is 5. The van der Waals surface area contributed by atoms with Crippen LogP contribution in [0.4, 0.5) is 5.82 Å². The number of hydrogen-bond acceptors (Lipinski definition) is 16. The minimum Gasteiger partial charge on any atom is -0.462 e. The predicted octanol–water partition coefficient (Wildman–Crippen LogP) is 9.99. The zero-order valence-electron chi connectivity index (χ0n) is 42.5. The molecule has 0 radical (unpaired) electrons. The first-order valence-electron chi connectivity index (χ1n) is 26.5. The normalized spacial score (nSPS) is 22.2. The van der Waals surface area contributed by atoms with E-state index in [4.69, 9.17) is 33.7 Å². The van der Waals surface area contributed by atoms with E-state index < -0.39 is 83.7 Å². The van der Waals surface area contributed by atoms with E-state index in [1.807, 2.05) is 0 Å². The van der Waals surface area contributed by atoms with Gasteiger partial charge in [0, 0.05) is 19.0 Å². The van der Waals surface area contributed by atoms with Crippen molar-refractivity contribution in [3.05, 3.63) is 47.1 Å². The van der Waals surface area contributed by atoms with Gasteiger partial charge in [0.05, 0.1) is 25.4 Å². The monoisotopic (exact) mass is 1050 g/mol. The second-order valence-corrected chi connectivity index (χ2v) is 21.8. The van der Waals surface area contributed by atoms with Crippen molar-refractivity contribution in [2.24, 2.45) is 0 Å². The molecule has 0 aromatic carbocycles. The van der Waals surface area contributed by atoms with E-state index in [1.54, 1.807) is 0 Å². The molecule has 0 aliphatic carbocycles. The van der Waals surface area contributed by atoms with Gasteiger partial charge in [-0.15, -0.1) is 0 Å². The molecule has 0 amide bonds. The van der Waals surface area contributed by atoms with E-state index in [1.165, 1.54) is 63.9 Å². The van der Waals surface area contributed by atoms with Crippen molar-refractivity contribution >= 4 is 33.4 Å². The van der Waals surface area contributed by atoms with Crippen LogP contribution in [0.15, 0.2) is 41.4 Å². The molecule has 3 rings (SSSR count). The molecule has 408 valence electrons. The van der Waals surface area contributed by atoms with Crippen molar-refractivity contribution in [1.82, 2.24) is 9.55 Å². The number of nitrogen functional groups attached to an aromatic ring is 1. The maximum absolute atomic E-state index is 12.9. The number of ether oxygens (including phenoxy) is 4. The van der Waals surface area contributed by atoms with Crippen LogP contribution in [0.5, 0.6) is 0 Å². The number of phosphoric acid groups is 2. The molecule has 71 heavy (non-hydrogen) atoms. The second-order valence-electron chi connectivity index (χ2n) is 18.8. The van der Waals surface area contributed by atoms with Crippen LogP contribution in [0.2, 0.25) is 0 Å². The molecule has 2 aliphatic rings. The van der Waals surface area contributed by atoms with Crippen molar-refractivity contribution in [2.75, 3.05) is 25.6 Å². The van der Waals surface area contributed by atoms with E-state index in [0.717, 1.165) is 107 Å². The smallest absolute Gasteiger partial charge is 0.462 e. The average molecular weight is 1050 g/mol. The first-order valence-corrected chi connectivity index (χ1v) is 29.5. The summed E-state index contributed by atoms with van der Waals surface area (Å²) in [5.74, 6) is -1.32. The van der Waals surface area contributed by atoms with Gasteiger partial charge in [0.15, 0.2) is 12.3 Å². The fraction of sp³-hybridized carbons (Fsp3) is 0.800. The Balaban J connectivity index is 1.38. The van der Waals surface area contributed by atoms with Crippen molar-refractivity contribution in [3.8, 4) is 0 Å². The average Bonchev–Trinajstić information content (AvgIpc) is 4.02. The number of phosphoric ester groups is 2. The number of esters is 2. The highest BCUT2D eigenvalue weighted by molar-refractivity contribution is 7.61. The van der Waals surface area contributed by atoms with E-state index in [0.29, 0.717) is 25.0 Å². The molecule has 2 aliphatic heterocycles. The first-order chi connectivity index (χ1) is 34.1. The van der Waals surface area contributed by atoms with E-state index in [2.05, 4.69) is 47.4 Å². The molecule has 2 saturated heterocycles. The van der Waals surface area contributed by atoms with Crippen LogP contribution < -0.4 is 11.4 Å². The number of allylic oxidation sites excluding steroid dienone is 3. The lowest BCUT2D eigenvalue weighted by atomic mass is 10.1. The van der Waals surface area contributed by atoms with Gasteiger partial charge in [-0.1, -0.05) is 141 Å². The summed E-state index contributed by atoms with van der Waals surface area (Å²) in [5.41, 5.74) is 4.59. The SMILES string of the molecule is CCCCCCCC/C=C\CCCCCCCCCC(=O)O[C@H](COC(=O)CCCCCCC/C=C\CC1OC1CCCCC)COP(=O)(O)OP(=O)(O)OC[C@H]1O[C@@H](n2ccc(N)nc2=O)[C@H](O)[C@@H]1O. The number of rotatable bonds is 43. The standard InChI is InChI=1S/C50H87N3O16P2/c1-3-5-7-8-9-10-11-12-13-14-15-16-17-18-23-26-30-34-46(55)66-40(37-63-45(54)33-29-25-22-20-19-21-24-28-32-42-41(67-42)31-27-6-4-2)38-64-70(59,60)69-71(61,62)65-39-43-47(56)48(57)49(68-43)53-36-35-44(51)52-50(53)58/h12-13,24,28,35-36,40-43,47-49,56-57H,3-11,14-23,25-27,29-34,37-39H2,1-2H3,(H,59,60)(H,61,62)(H2,51,52,58)/b13-12-,28-24-/t40-,41?,42?,43-,47-,48-,49-/m1/s1. The van der Waals surface area contributed by atoms with Crippen LogP contribution in [-0.4, -0.2) is 97.9 Å². The van der Waals surface area contributed by atoms with E-state index in [-0.39, 0.29) is 18.7 Å². The molecule has 0 spiro atoms. The van der Waals surface area contributed by atoms with Gasteiger partial charge < -0.3 is 44.7 Å². The van der Waals surface area contributed by atoms with E-state index in [9.17, 15) is 43.5 Å². The molecular formula is C50H87N3O16P2. The Morgan fingerprint density at radius 3 is 1.83 bits per heavy atom. The molecule has 3 heterocycles. The third-order valence-corrected chi connectivity index (χ3v) is 15.0. The van der Waals surface area contributed by atoms with Crippen molar-refractivity contribution in [1.29, 1.82) is 0 Å². The van der Waals surface area contributed by atoms with Gasteiger partial charge in [-0.2, -0.15) is 9.29 Å². The fourth-order valence-corrected chi connectivity index (χ4v) is 10.3. The van der Waals surface area contributed by atoms with Crippen LogP contribution in [0.3, 0.4) is 0 Å². The van der Waals surface area contributed by atoms with Crippen LogP contribution in [0.25, 0.3) is 0 Å². The Kier molecular flexibility index (Phi) is 31.9. The number of nitrogens with zero attached hydrogens (tertiary/aromatic N) is 2. The molecule has 9 atom stereocenters. The van der Waals surface area contributed by atoms with Crippen LogP contribution >= 0.6 is 15.6 Å². The Labute approximate surface area is 421 Å². The first kappa shape index (κ1) is 62.5. The number of aromatic nitrogens is 2. The zero-order valence-corrected chi connectivity index (χ0v) is 44.3.